The van der Waals surface area contributed by atoms with Crippen LogP contribution in [-0.4, -0.2) is 32.5 Å². The van der Waals surface area contributed by atoms with Gasteiger partial charge in [-0.1, -0.05) is 29.3 Å². The maximum atomic E-state index is 11.2. The maximum absolute atomic E-state index is 11.2. The van der Waals surface area contributed by atoms with E-state index in [1.165, 1.54) is 6.26 Å². The van der Waals surface area contributed by atoms with Gasteiger partial charge in [-0.2, -0.15) is 0 Å². The van der Waals surface area contributed by atoms with Crippen molar-refractivity contribution in [3.8, 4) is 0 Å². The van der Waals surface area contributed by atoms with Gasteiger partial charge in [0.2, 0.25) is 0 Å². The summed E-state index contributed by atoms with van der Waals surface area (Å²) in [6.07, 6.45) is 1.97. The lowest BCUT2D eigenvalue weighted by Gasteiger charge is -2.20. The summed E-state index contributed by atoms with van der Waals surface area (Å²) >= 11 is 12.0. The zero-order valence-electron chi connectivity index (χ0n) is 11.3. The van der Waals surface area contributed by atoms with Crippen molar-refractivity contribution in [2.45, 2.75) is 32.4 Å². The van der Waals surface area contributed by atoms with Crippen LogP contribution in [0.1, 0.15) is 19.4 Å². The third kappa shape index (κ3) is 6.61. The number of benzene rings is 1. The van der Waals surface area contributed by atoms with Crippen molar-refractivity contribution in [3.63, 3.8) is 0 Å². The molecule has 0 aliphatic carbocycles. The molecule has 0 saturated heterocycles. The second kappa shape index (κ2) is 6.93. The molecular formula is C13H19Cl2NO2S. The fourth-order valence-corrected chi connectivity index (χ4v) is 3.55. The molecule has 2 atom stereocenters. The van der Waals surface area contributed by atoms with Crippen LogP contribution in [0.4, 0.5) is 0 Å². The average molecular weight is 324 g/mol. The molecule has 108 valence electrons. The molecule has 0 radical (unpaired) electrons. The quantitative estimate of drug-likeness (QED) is 0.875. The van der Waals surface area contributed by atoms with Crippen molar-refractivity contribution in [2.75, 3.05) is 12.0 Å². The fourth-order valence-electron chi connectivity index (χ4n) is 2.06. The summed E-state index contributed by atoms with van der Waals surface area (Å²) in [6, 6.07) is 5.46. The Morgan fingerprint density at radius 2 is 1.84 bits per heavy atom. The van der Waals surface area contributed by atoms with Crippen molar-refractivity contribution in [2.24, 2.45) is 0 Å². The Hall–Kier alpha value is -0.290. The maximum Gasteiger partial charge on any atom is 0.148 e. The van der Waals surface area contributed by atoms with Crippen LogP contribution in [0, 0.1) is 0 Å². The predicted octanol–water partition coefficient (Wildman–Crippen LogP) is 2.95. The van der Waals surface area contributed by atoms with Crippen molar-refractivity contribution in [3.05, 3.63) is 33.8 Å². The monoisotopic (exact) mass is 323 g/mol. The van der Waals surface area contributed by atoms with Crippen LogP contribution in [0.2, 0.25) is 10.0 Å². The molecule has 0 unspecified atom stereocenters. The minimum absolute atomic E-state index is 0.0870. The number of halogens is 2. The Bertz CT molecular complexity index is 531. The first kappa shape index (κ1) is 16.8. The summed E-state index contributed by atoms with van der Waals surface area (Å²) in [5, 5.41) is 4.50. The Morgan fingerprint density at radius 1 is 1.21 bits per heavy atom. The standard InChI is InChI=1S/C13H19Cl2NO2S/c1-9(16-10(2)8-19(3,17)18)6-11-4-5-12(14)7-13(11)15/h4-5,7,9-10,16H,6,8H2,1-3H3/t9-,10+/m1/s1. The van der Waals surface area contributed by atoms with Crippen molar-refractivity contribution < 1.29 is 8.42 Å². The summed E-state index contributed by atoms with van der Waals surface area (Å²) in [6.45, 7) is 3.87. The largest absolute Gasteiger partial charge is 0.310 e. The second-order valence-electron chi connectivity index (χ2n) is 5.00. The predicted molar refractivity (Wildman–Crippen MR) is 81.9 cm³/mol. The topological polar surface area (TPSA) is 46.2 Å². The molecule has 0 heterocycles. The number of rotatable bonds is 6. The molecule has 1 aromatic carbocycles. The van der Waals surface area contributed by atoms with E-state index in [9.17, 15) is 8.42 Å². The van der Waals surface area contributed by atoms with E-state index in [2.05, 4.69) is 5.32 Å². The van der Waals surface area contributed by atoms with Gasteiger partial charge in [-0.15, -0.1) is 0 Å². The van der Waals surface area contributed by atoms with E-state index in [4.69, 9.17) is 23.2 Å². The lowest BCUT2D eigenvalue weighted by Crippen LogP contribution is -2.39. The molecule has 6 heteroatoms. The fraction of sp³-hybridized carbons (Fsp3) is 0.538. The Kier molecular flexibility index (Phi) is 6.12. The van der Waals surface area contributed by atoms with E-state index >= 15 is 0 Å². The van der Waals surface area contributed by atoms with Crippen molar-refractivity contribution in [1.29, 1.82) is 0 Å². The molecule has 1 N–H and O–H groups in total. The van der Waals surface area contributed by atoms with Gasteiger partial charge in [0.15, 0.2) is 0 Å². The number of sulfone groups is 1. The van der Waals surface area contributed by atoms with Gasteiger partial charge in [0.25, 0.3) is 0 Å². The van der Waals surface area contributed by atoms with E-state index < -0.39 is 9.84 Å². The molecule has 0 fully saturated rings. The highest BCUT2D eigenvalue weighted by Gasteiger charge is 2.14. The van der Waals surface area contributed by atoms with Crippen LogP contribution >= 0.6 is 23.2 Å². The summed E-state index contributed by atoms with van der Waals surface area (Å²) < 4.78 is 22.4. The third-order valence-corrected chi connectivity index (χ3v) is 4.36. The van der Waals surface area contributed by atoms with Gasteiger partial charge >= 0.3 is 0 Å². The van der Waals surface area contributed by atoms with Gasteiger partial charge in [-0.25, -0.2) is 8.42 Å². The molecule has 0 bridgehead atoms. The van der Waals surface area contributed by atoms with Crippen LogP contribution in [0.15, 0.2) is 18.2 Å². The molecule has 19 heavy (non-hydrogen) atoms. The molecular weight excluding hydrogens is 305 g/mol. The van der Waals surface area contributed by atoms with Gasteiger partial charge in [-0.3, -0.25) is 0 Å². The molecule has 0 spiro atoms. The van der Waals surface area contributed by atoms with Gasteiger partial charge in [0.05, 0.1) is 5.75 Å². The molecule has 0 saturated carbocycles. The van der Waals surface area contributed by atoms with E-state index in [0.717, 1.165) is 12.0 Å². The van der Waals surface area contributed by atoms with E-state index in [1.807, 2.05) is 19.9 Å². The SMILES string of the molecule is C[C@H](Cc1ccc(Cl)cc1Cl)N[C@@H](C)CS(C)(=O)=O. The lowest BCUT2D eigenvalue weighted by molar-refractivity contribution is 0.484. The number of nitrogens with one attached hydrogen (secondary N) is 1. The Morgan fingerprint density at radius 3 is 2.37 bits per heavy atom. The molecule has 0 aliphatic heterocycles. The molecule has 0 amide bonds. The van der Waals surface area contributed by atoms with E-state index in [1.54, 1.807) is 12.1 Å². The lowest BCUT2D eigenvalue weighted by atomic mass is 10.1. The number of hydrogen-bond donors (Lipinski definition) is 1. The molecule has 0 aliphatic rings. The molecule has 1 rings (SSSR count). The minimum Gasteiger partial charge on any atom is -0.310 e. The molecule has 3 nitrogen and oxygen atoms in total. The third-order valence-electron chi connectivity index (χ3n) is 2.66. The van der Waals surface area contributed by atoms with Gasteiger partial charge in [0, 0.05) is 28.4 Å². The first-order valence-corrected chi connectivity index (χ1v) is 8.86. The van der Waals surface area contributed by atoms with Gasteiger partial charge in [-0.05, 0) is 38.0 Å². The van der Waals surface area contributed by atoms with Crippen LogP contribution in [0.25, 0.3) is 0 Å². The normalized spacial score (nSPS) is 15.2. The summed E-state index contributed by atoms with van der Waals surface area (Å²) in [5.74, 6) is 0.131. The Labute approximate surface area is 125 Å². The average Bonchev–Trinajstić information content (AvgIpc) is 2.19. The van der Waals surface area contributed by atoms with Gasteiger partial charge < -0.3 is 5.32 Å². The van der Waals surface area contributed by atoms with Crippen LogP contribution in [0.5, 0.6) is 0 Å². The van der Waals surface area contributed by atoms with Crippen LogP contribution in [0.3, 0.4) is 0 Å². The zero-order chi connectivity index (χ0) is 14.6. The van der Waals surface area contributed by atoms with Crippen LogP contribution < -0.4 is 5.32 Å². The van der Waals surface area contributed by atoms with Gasteiger partial charge in [0.1, 0.15) is 9.84 Å². The molecule has 1 aromatic rings. The van der Waals surface area contributed by atoms with Crippen molar-refractivity contribution in [1.82, 2.24) is 5.32 Å². The Balaban J connectivity index is 2.57. The van der Waals surface area contributed by atoms with E-state index in [-0.39, 0.29) is 17.8 Å². The van der Waals surface area contributed by atoms with Crippen LogP contribution in [-0.2, 0) is 16.3 Å². The summed E-state index contributed by atoms with van der Waals surface area (Å²) in [7, 11) is -2.96. The van der Waals surface area contributed by atoms with Crippen molar-refractivity contribution >= 4 is 33.0 Å². The minimum atomic E-state index is -2.96. The highest BCUT2D eigenvalue weighted by Crippen LogP contribution is 2.22. The summed E-state index contributed by atoms with van der Waals surface area (Å²) in [4.78, 5) is 0. The highest BCUT2D eigenvalue weighted by atomic mass is 35.5. The summed E-state index contributed by atoms with van der Waals surface area (Å²) in [5.41, 5.74) is 0.998. The smallest absolute Gasteiger partial charge is 0.148 e. The first-order chi connectivity index (χ1) is 8.67. The zero-order valence-corrected chi connectivity index (χ0v) is 13.6. The molecule has 0 aromatic heterocycles. The first-order valence-electron chi connectivity index (χ1n) is 6.05. The van der Waals surface area contributed by atoms with E-state index in [0.29, 0.717) is 10.0 Å². The highest BCUT2D eigenvalue weighted by molar-refractivity contribution is 7.90. The second-order valence-corrected chi connectivity index (χ2v) is 8.03. The number of hydrogen-bond acceptors (Lipinski definition) is 3.